The summed E-state index contributed by atoms with van der Waals surface area (Å²) in [6.07, 6.45) is 1.54. The lowest BCUT2D eigenvalue weighted by Gasteiger charge is -2.07. The van der Waals surface area contributed by atoms with Crippen molar-refractivity contribution in [3.8, 4) is 11.5 Å². The van der Waals surface area contributed by atoms with Crippen LogP contribution in [0, 0.1) is 0 Å². The van der Waals surface area contributed by atoms with Crippen molar-refractivity contribution in [3.63, 3.8) is 0 Å². The molecule has 3 rings (SSSR count). The van der Waals surface area contributed by atoms with Crippen molar-refractivity contribution < 1.29 is 14.3 Å². The van der Waals surface area contributed by atoms with E-state index in [1.165, 1.54) is 0 Å². The molecule has 0 fully saturated rings. The molecule has 148 valence electrons. The van der Waals surface area contributed by atoms with Crippen molar-refractivity contribution in [3.05, 3.63) is 94.0 Å². The van der Waals surface area contributed by atoms with E-state index in [-0.39, 0.29) is 12.5 Å². The second kappa shape index (κ2) is 10.5. The van der Waals surface area contributed by atoms with Gasteiger partial charge in [0.1, 0.15) is 18.1 Å². The van der Waals surface area contributed by atoms with Crippen LogP contribution in [0.5, 0.6) is 11.5 Å². The first-order chi connectivity index (χ1) is 14.1. The largest absolute Gasteiger partial charge is 0.489 e. The summed E-state index contributed by atoms with van der Waals surface area (Å²) in [5, 5.41) is 5.16. The first kappa shape index (κ1) is 20.7. The summed E-state index contributed by atoms with van der Waals surface area (Å²) >= 11 is 11.7. The smallest absolute Gasteiger partial charge is 0.277 e. The summed E-state index contributed by atoms with van der Waals surface area (Å²) in [6, 6.07) is 21.7. The first-order valence-corrected chi connectivity index (χ1v) is 9.52. The van der Waals surface area contributed by atoms with E-state index in [9.17, 15) is 4.79 Å². The van der Waals surface area contributed by atoms with Gasteiger partial charge in [-0.2, -0.15) is 5.10 Å². The number of carbonyl (C=O) groups is 1. The SMILES string of the molecule is O=C(COc1cccc(Cl)c1)N/N=C\c1ccc(OCc2ccc(Cl)cc2)cc1. The van der Waals surface area contributed by atoms with Crippen LogP contribution >= 0.6 is 23.2 Å². The highest BCUT2D eigenvalue weighted by molar-refractivity contribution is 6.30. The Bertz CT molecular complexity index is 974. The molecule has 0 radical (unpaired) electrons. The molecule has 1 amide bonds. The topological polar surface area (TPSA) is 59.9 Å². The van der Waals surface area contributed by atoms with Gasteiger partial charge in [0.25, 0.3) is 5.91 Å². The minimum absolute atomic E-state index is 0.158. The van der Waals surface area contributed by atoms with Gasteiger partial charge in [-0.1, -0.05) is 41.4 Å². The molecule has 7 heteroatoms. The van der Waals surface area contributed by atoms with Gasteiger partial charge in [-0.3, -0.25) is 4.79 Å². The quantitative estimate of drug-likeness (QED) is 0.400. The highest BCUT2D eigenvalue weighted by atomic mass is 35.5. The normalized spacial score (nSPS) is 10.7. The van der Waals surface area contributed by atoms with Crippen LogP contribution in [-0.4, -0.2) is 18.7 Å². The summed E-state index contributed by atoms with van der Waals surface area (Å²) < 4.78 is 11.1. The van der Waals surface area contributed by atoms with Gasteiger partial charge in [0.2, 0.25) is 0 Å². The first-order valence-electron chi connectivity index (χ1n) is 8.76. The number of nitrogens with one attached hydrogen (secondary N) is 1. The van der Waals surface area contributed by atoms with Crippen molar-refractivity contribution in [2.24, 2.45) is 5.10 Å². The molecule has 29 heavy (non-hydrogen) atoms. The molecule has 0 aliphatic rings. The van der Waals surface area contributed by atoms with E-state index in [2.05, 4.69) is 10.5 Å². The third kappa shape index (κ3) is 7.14. The molecule has 0 heterocycles. The summed E-state index contributed by atoms with van der Waals surface area (Å²) in [5.74, 6) is 0.881. The van der Waals surface area contributed by atoms with E-state index in [1.54, 1.807) is 30.5 Å². The van der Waals surface area contributed by atoms with Crippen molar-refractivity contribution in [1.29, 1.82) is 0 Å². The molecule has 0 unspecified atom stereocenters. The summed E-state index contributed by atoms with van der Waals surface area (Å²) in [6.45, 7) is 0.294. The third-order valence-electron chi connectivity index (χ3n) is 3.77. The number of rotatable bonds is 8. The third-order valence-corrected chi connectivity index (χ3v) is 4.25. The number of nitrogens with zero attached hydrogens (tertiary/aromatic N) is 1. The number of hydrogen-bond donors (Lipinski definition) is 1. The van der Waals surface area contributed by atoms with Crippen molar-refractivity contribution in [1.82, 2.24) is 5.43 Å². The number of amides is 1. The summed E-state index contributed by atoms with van der Waals surface area (Å²) in [7, 11) is 0. The molecule has 3 aromatic rings. The second-order valence-corrected chi connectivity index (χ2v) is 6.90. The monoisotopic (exact) mass is 428 g/mol. The van der Waals surface area contributed by atoms with Crippen molar-refractivity contribution in [2.45, 2.75) is 6.61 Å². The second-order valence-electron chi connectivity index (χ2n) is 6.02. The zero-order valence-corrected chi connectivity index (χ0v) is 16.9. The van der Waals surface area contributed by atoms with Gasteiger partial charge in [0.15, 0.2) is 6.61 Å². The molecule has 0 spiro atoms. The molecule has 0 bridgehead atoms. The Kier molecular flexibility index (Phi) is 7.50. The highest BCUT2D eigenvalue weighted by Crippen LogP contribution is 2.17. The lowest BCUT2D eigenvalue weighted by Crippen LogP contribution is -2.24. The van der Waals surface area contributed by atoms with Gasteiger partial charge in [-0.15, -0.1) is 0 Å². The van der Waals surface area contributed by atoms with Gasteiger partial charge in [-0.05, 0) is 65.7 Å². The predicted octanol–water partition coefficient (Wildman–Crippen LogP) is 5.10. The summed E-state index contributed by atoms with van der Waals surface area (Å²) in [5.41, 5.74) is 4.26. The number of halogens is 2. The van der Waals surface area contributed by atoms with Gasteiger partial charge in [0.05, 0.1) is 6.21 Å². The maximum absolute atomic E-state index is 11.8. The van der Waals surface area contributed by atoms with Crippen LogP contribution in [0.25, 0.3) is 0 Å². The number of hydrogen-bond acceptors (Lipinski definition) is 4. The minimum Gasteiger partial charge on any atom is -0.489 e. The van der Waals surface area contributed by atoms with E-state index in [1.807, 2.05) is 48.5 Å². The Morgan fingerprint density at radius 3 is 2.38 bits per heavy atom. The van der Waals surface area contributed by atoms with E-state index in [0.717, 1.165) is 16.9 Å². The average Bonchev–Trinajstić information content (AvgIpc) is 2.73. The number of hydrazone groups is 1. The predicted molar refractivity (Wildman–Crippen MR) is 115 cm³/mol. The average molecular weight is 429 g/mol. The number of carbonyl (C=O) groups excluding carboxylic acids is 1. The van der Waals surface area contributed by atoms with Gasteiger partial charge >= 0.3 is 0 Å². The Balaban J connectivity index is 1.42. The molecule has 5 nitrogen and oxygen atoms in total. The molecule has 0 saturated heterocycles. The molecule has 3 aromatic carbocycles. The van der Waals surface area contributed by atoms with Crippen LogP contribution in [-0.2, 0) is 11.4 Å². The molecule has 0 atom stereocenters. The molecule has 0 aliphatic carbocycles. The van der Waals surface area contributed by atoms with Crippen LogP contribution in [0.4, 0.5) is 0 Å². The number of ether oxygens (including phenoxy) is 2. The van der Waals surface area contributed by atoms with Crippen LogP contribution in [0.2, 0.25) is 10.0 Å². The Hall–Kier alpha value is -3.02. The van der Waals surface area contributed by atoms with Crippen LogP contribution in [0.15, 0.2) is 77.9 Å². The van der Waals surface area contributed by atoms with Crippen LogP contribution in [0.3, 0.4) is 0 Å². The molecule has 0 aliphatic heterocycles. The Labute approximate surface area is 178 Å². The van der Waals surface area contributed by atoms with E-state index < -0.39 is 0 Å². The van der Waals surface area contributed by atoms with Crippen molar-refractivity contribution in [2.75, 3.05) is 6.61 Å². The fourth-order valence-corrected chi connectivity index (χ4v) is 2.62. The van der Waals surface area contributed by atoms with Gasteiger partial charge < -0.3 is 9.47 Å². The van der Waals surface area contributed by atoms with Gasteiger partial charge in [-0.25, -0.2) is 5.43 Å². The lowest BCUT2D eigenvalue weighted by atomic mass is 10.2. The molecular weight excluding hydrogens is 411 g/mol. The van der Waals surface area contributed by atoms with Gasteiger partial charge in [0, 0.05) is 10.0 Å². The fraction of sp³-hybridized carbons (Fsp3) is 0.0909. The maximum Gasteiger partial charge on any atom is 0.277 e. The van der Waals surface area contributed by atoms with Crippen LogP contribution < -0.4 is 14.9 Å². The maximum atomic E-state index is 11.8. The highest BCUT2D eigenvalue weighted by Gasteiger charge is 2.02. The van der Waals surface area contributed by atoms with E-state index >= 15 is 0 Å². The van der Waals surface area contributed by atoms with Crippen LogP contribution in [0.1, 0.15) is 11.1 Å². The zero-order chi connectivity index (χ0) is 20.5. The standard InChI is InChI=1S/C22H18Cl2N2O3/c23-18-8-4-17(5-9-18)14-28-20-10-6-16(7-11-20)13-25-26-22(27)15-29-21-3-1-2-19(24)12-21/h1-13H,14-15H2,(H,26,27)/b25-13-. The molecule has 0 aromatic heterocycles. The Morgan fingerprint density at radius 2 is 1.66 bits per heavy atom. The fourth-order valence-electron chi connectivity index (χ4n) is 2.31. The zero-order valence-electron chi connectivity index (χ0n) is 15.3. The number of benzene rings is 3. The van der Waals surface area contributed by atoms with Crippen molar-refractivity contribution >= 4 is 35.3 Å². The molecule has 0 saturated carbocycles. The van der Waals surface area contributed by atoms with E-state index in [4.69, 9.17) is 32.7 Å². The van der Waals surface area contributed by atoms with E-state index in [0.29, 0.717) is 22.4 Å². The lowest BCUT2D eigenvalue weighted by molar-refractivity contribution is -0.123. The molecule has 1 N–H and O–H groups in total. The summed E-state index contributed by atoms with van der Waals surface area (Å²) in [4.78, 5) is 11.8. The Morgan fingerprint density at radius 1 is 0.897 bits per heavy atom. The minimum atomic E-state index is -0.371. The molecular formula is C22H18Cl2N2O3.